The molecule has 0 saturated heterocycles. The lowest BCUT2D eigenvalue weighted by atomic mass is 10.2. The van der Waals surface area contributed by atoms with Crippen molar-refractivity contribution in [1.82, 2.24) is 0 Å². The van der Waals surface area contributed by atoms with Gasteiger partial charge in [-0.25, -0.2) is 22.0 Å². The molecule has 138 valence electrons. The molecule has 0 aliphatic rings. The Hall–Kier alpha value is -3.25. The first-order valence-corrected chi connectivity index (χ1v) is 10.2. The van der Waals surface area contributed by atoms with Crippen LogP contribution in [0.3, 0.4) is 0 Å². The molecule has 0 bridgehead atoms. The van der Waals surface area contributed by atoms with Crippen LogP contribution in [0.15, 0.2) is 62.3 Å². The SMILES string of the molecule is Cc1ccc(S(=O)(=O)c2ccc(S(N)(=O)=O)cc2NN=C(C#N)C#N)cc1. The second-order valence-corrected chi connectivity index (χ2v) is 8.79. The zero-order valence-electron chi connectivity index (χ0n) is 13.9. The fraction of sp³-hybridized carbons (Fsp3) is 0.0625. The molecule has 0 unspecified atom stereocenters. The molecular weight excluding hydrogens is 390 g/mol. The van der Waals surface area contributed by atoms with Gasteiger partial charge in [-0.05, 0) is 37.3 Å². The van der Waals surface area contributed by atoms with Crippen LogP contribution in [0, 0.1) is 29.6 Å². The maximum Gasteiger partial charge on any atom is 0.238 e. The summed E-state index contributed by atoms with van der Waals surface area (Å²) in [6.07, 6.45) is 0. The van der Waals surface area contributed by atoms with Crippen molar-refractivity contribution in [2.45, 2.75) is 21.6 Å². The lowest BCUT2D eigenvalue weighted by Gasteiger charge is -2.12. The highest BCUT2D eigenvalue weighted by atomic mass is 32.2. The van der Waals surface area contributed by atoms with Gasteiger partial charge in [0.15, 0.2) is 0 Å². The Kier molecular flexibility index (Phi) is 5.61. The standard InChI is InChI=1S/C16H13N5O4S2/c1-11-2-4-13(5-3-11)26(22,23)16-7-6-14(27(19,24)25)8-15(16)21-20-12(9-17)10-18/h2-8,21H,1H3,(H2,19,24,25). The Balaban J connectivity index is 2.68. The average Bonchev–Trinajstić information content (AvgIpc) is 2.62. The number of rotatable bonds is 5. The van der Waals surface area contributed by atoms with Crippen molar-refractivity contribution in [2.75, 3.05) is 5.43 Å². The maximum absolute atomic E-state index is 12.9. The van der Waals surface area contributed by atoms with E-state index in [9.17, 15) is 16.8 Å². The van der Waals surface area contributed by atoms with E-state index in [1.54, 1.807) is 19.1 Å². The third-order valence-corrected chi connectivity index (χ3v) is 6.14. The number of nitrogens with two attached hydrogens (primary N) is 1. The van der Waals surface area contributed by atoms with Gasteiger partial charge in [-0.1, -0.05) is 17.7 Å². The molecule has 0 radical (unpaired) electrons. The number of sulfonamides is 1. The van der Waals surface area contributed by atoms with E-state index in [0.717, 1.165) is 23.8 Å². The number of nitriles is 2. The molecule has 0 saturated carbocycles. The zero-order chi connectivity index (χ0) is 20.2. The predicted molar refractivity (Wildman–Crippen MR) is 96.7 cm³/mol. The molecule has 27 heavy (non-hydrogen) atoms. The molecule has 0 heterocycles. The Morgan fingerprint density at radius 3 is 2.07 bits per heavy atom. The normalized spacial score (nSPS) is 11.1. The minimum atomic E-state index is -4.12. The quantitative estimate of drug-likeness (QED) is 0.560. The van der Waals surface area contributed by atoms with Crippen LogP contribution in [0.1, 0.15) is 5.56 Å². The van der Waals surface area contributed by atoms with Gasteiger partial charge >= 0.3 is 0 Å². The molecule has 9 nitrogen and oxygen atoms in total. The van der Waals surface area contributed by atoms with Crippen molar-refractivity contribution in [3.05, 3.63) is 48.0 Å². The number of hydrogen-bond acceptors (Lipinski definition) is 8. The van der Waals surface area contributed by atoms with Gasteiger partial charge in [-0.2, -0.15) is 15.6 Å². The highest BCUT2D eigenvalue weighted by Gasteiger charge is 2.23. The van der Waals surface area contributed by atoms with E-state index >= 15 is 0 Å². The second-order valence-electron chi connectivity index (χ2n) is 5.32. The monoisotopic (exact) mass is 403 g/mol. The summed E-state index contributed by atoms with van der Waals surface area (Å²) in [6.45, 7) is 1.80. The van der Waals surface area contributed by atoms with Gasteiger partial charge in [0.2, 0.25) is 25.6 Å². The highest BCUT2D eigenvalue weighted by molar-refractivity contribution is 7.91. The minimum absolute atomic E-state index is 0.0238. The van der Waals surface area contributed by atoms with Gasteiger partial charge in [-0.3, -0.25) is 5.43 Å². The summed E-state index contributed by atoms with van der Waals surface area (Å²) in [4.78, 5) is -0.680. The van der Waals surface area contributed by atoms with E-state index in [4.69, 9.17) is 15.7 Å². The molecule has 2 rings (SSSR count). The zero-order valence-corrected chi connectivity index (χ0v) is 15.5. The van der Waals surface area contributed by atoms with Crippen molar-refractivity contribution in [1.29, 1.82) is 10.5 Å². The molecule has 0 aromatic heterocycles. The summed E-state index contributed by atoms with van der Waals surface area (Å²) in [7, 11) is -8.16. The van der Waals surface area contributed by atoms with Crippen LogP contribution in [0.5, 0.6) is 0 Å². The predicted octanol–water partition coefficient (Wildman–Crippen LogP) is 1.29. The first kappa shape index (κ1) is 20.1. The number of hydrazone groups is 1. The van der Waals surface area contributed by atoms with Gasteiger partial charge in [0, 0.05) is 0 Å². The van der Waals surface area contributed by atoms with Crippen LogP contribution in [0.4, 0.5) is 5.69 Å². The number of primary sulfonamides is 1. The fourth-order valence-electron chi connectivity index (χ4n) is 2.04. The molecule has 0 fully saturated rings. The lowest BCUT2D eigenvalue weighted by molar-refractivity contribution is 0.593. The van der Waals surface area contributed by atoms with Gasteiger partial charge < -0.3 is 0 Å². The first-order chi connectivity index (χ1) is 12.6. The third-order valence-electron chi connectivity index (χ3n) is 3.40. The van der Waals surface area contributed by atoms with Gasteiger partial charge in [0.05, 0.1) is 20.4 Å². The summed E-state index contributed by atoms with van der Waals surface area (Å²) in [5, 5.41) is 26.0. The van der Waals surface area contributed by atoms with Crippen molar-refractivity contribution in [3.8, 4) is 12.1 Å². The smallest absolute Gasteiger partial charge is 0.238 e. The number of aryl methyl sites for hydroxylation is 1. The number of benzene rings is 2. The van der Waals surface area contributed by atoms with E-state index in [0.29, 0.717) is 0 Å². The first-order valence-electron chi connectivity index (χ1n) is 7.22. The number of hydrogen-bond donors (Lipinski definition) is 2. The van der Waals surface area contributed by atoms with E-state index in [1.165, 1.54) is 24.3 Å². The number of anilines is 1. The minimum Gasteiger partial charge on any atom is -0.275 e. The van der Waals surface area contributed by atoms with Crippen LogP contribution >= 0.6 is 0 Å². The summed E-state index contributed by atoms with van der Waals surface area (Å²) < 4.78 is 49.0. The Morgan fingerprint density at radius 2 is 1.56 bits per heavy atom. The molecule has 0 spiro atoms. The number of sulfone groups is 1. The number of nitrogens with one attached hydrogen (secondary N) is 1. The van der Waals surface area contributed by atoms with Gasteiger partial charge in [0.25, 0.3) is 0 Å². The average molecular weight is 403 g/mol. The lowest BCUT2D eigenvalue weighted by Crippen LogP contribution is -2.14. The van der Waals surface area contributed by atoms with E-state index in [-0.39, 0.29) is 20.4 Å². The molecule has 0 atom stereocenters. The third kappa shape index (κ3) is 4.48. The van der Waals surface area contributed by atoms with Crippen molar-refractivity contribution in [2.24, 2.45) is 10.2 Å². The molecular formula is C16H13N5O4S2. The Bertz CT molecular complexity index is 1190. The molecule has 0 aliphatic heterocycles. The Labute approximate surface area is 156 Å². The van der Waals surface area contributed by atoms with Crippen LogP contribution in [0.25, 0.3) is 0 Å². The van der Waals surface area contributed by atoms with E-state index < -0.39 is 25.6 Å². The molecule has 2 aromatic carbocycles. The fourth-order valence-corrected chi connectivity index (χ4v) is 3.97. The van der Waals surface area contributed by atoms with Gasteiger partial charge in [-0.15, -0.1) is 0 Å². The van der Waals surface area contributed by atoms with Crippen LogP contribution in [0.2, 0.25) is 0 Å². The van der Waals surface area contributed by atoms with Crippen molar-refractivity contribution < 1.29 is 16.8 Å². The summed E-state index contributed by atoms with van der Waals surface area (Å²) >= 11 is 0. The molecule has 3 N–H and O–H groups in total. The van der Waals surface area contributed by atoms with E-state index in [1.807, 2.05) is 0 Å². The maximum atomic E-state index is 12.9. The molecule has 2 aromatic rings. The summed E-state index contributed by atoms with van der Waals surface area (Å²) in [5.41, 5.74) is 2.29. The molecule has 11 heteroatoms. The molecule has 0 aliphatic carbocycles. The summed E-state index contributed by atoms with van der Waals surface area (Å²) in [5.74, 6) is 0. The van der Waals surface area contributed by atoms with Crippen molar-refractivity contribution in [3.63, 3.8) is 0 Å². The topological polar surface area (TPSA) is 166 Å². The number of nitrogens with zero attached hydrogens (tertiary/aromatic N) is 3. The largest absolute Gasteiger partial charge is 0.275 e. The van der Waals surface area contributed by atoms with Crippen LogP contribution in [-0.2, 0) is 19.9 Å². The van der Waals surface area contributed by atoms with Gasteiger partial charge in [0.1, 0.15) is 12.1 Å². The molecule has 0 amide bonds. The highest BCUT2D eigenvalue weighted by Crippen LogP contribution is 2.30. The Morgan fingerprint density at radius 1 is 1.00 bits per heavy atom. The van der Waals surface area contributed by atoms with Crippen molar-refractivity contribution >= 4 is 31.3 Å². The van der Waals surface area contributed by atoms with Crippen LogP contribution in [-0.4, -0.2) is 22.5 Å². The second kappa shape index (κ2) is 7.55. The van der Waals surface area contributed by atoms with E-state index in [2.05, 4.69) is 10.5 Å². The summed E-state index contributed by atoms with van der Waals surface area (Å²) in [6, 6.07) is 12.1. The van der Waals surface area contributed by atoms with Crippen LogP contribution < -0.4 is 10.6 Å².